The zero-order chi connectivity index (χ0) is 13.8. The van der Waals surface area contributed by atoms with Crippen LogP contribution in [-0.4, -0.2) is 70.1 Å². The van der Waals surface area contributed by atoms with Gasteiger partial charge in [0.2, 0.25) is 0 Å². The Bertz CT molecular complexity index is 430. The maximum atomic E-state index is 12.5. The number of rotatable bonds is 4. The van der Waals surface area contributed by atoms with E-state index < -0.39 is 0 Å². The summed E-state index contributed by atoms with van der Waals surface area (Å²) in [7, 11) is 4.11. The van der Waals surface area contributed by atoms with E-state index in [0.717, 1.165) is 38.4 Å². The van der Waals surface area contributed by atoms with Crippen molar-refractivity contribution in [3.8, 4) is 0 Å². The molecular formula is C13H23N5O. The molecule has 0 saturated carbocycles. The van der Waals surface area contributed by atoms with Crippen LogP contribution in [0.2, 0.25) is 0 Å². The Morgan fingerprint density at radius 2 is 2.21 bits per heavy atom. The number of hydrogen-bond acceptors (Lipinski definition) is 5. The van der Waals surface area contributed by atoms with E-state index in [9.17, 15) is 4.79 Å². The van der Waals surface area contributed by atoms with Gasteiger partial charge in [-0.25, -0.2) is 9.67 Å². The highest BCUT2D eigenvalue weighted by atomic mass is 16.1. The molecule has 6 nitrogen and oxygen atoms in total. The zero-order valence-corrected chi connectivity index (χ0v) is 12.0. The number of hydrogen-bond donors (Lipinski definition) is 0. The molecule has 1 atom stereocenters. The summed E-state index contributed by atoms with van der Waals surface area (Å²) < 4.78 is 1.79. The summed E-state index contributed by atoms with van der Waals surface area (Å²) in [4.78, 5) is 21.1. The van der Waals surface area contributed by atoms with Crippen LogP contribution in [0.1, 0.15) is 19.2 Å². The number of likely N-dealkylation sites (N-methyl/N-ethyl adjacent to an activating group) is 2. The lowest BCUT2D eigenvalue weighted by Crippen LogP contribution is -2.44. The highest BCUT2D eigenvalue weighted by Crippen LogP contribution is 2.10. The molecule has 19 heavy (non-hydrogen) atoms. The van der Waals surface area contributed by atoms with Gasteiger partial charge in [-0.05, 0) is 40.5 Å². The van der Waals surface area contributed by atoms with Gasteiger partial charge in [-0.3, -0.25) is 9.69 Å². The third kappa shape index (κ3) is 3.39. The molecular weight excluding hydrogens is 242 g/mol. The average molecular weight is 265 g/mol. The van der Waals surface area contributed by atoms with Gasteiger partial charge in [0.25, 0.3) is 0 Å². The second-order valence-electron chi connectivity index (χ2n) is 5.25. The van der Waals surface area contributed by atoms with Gasteiger partial charge in [-0.1, -0.05) is 0 Å². The van der Waals surface area contributed by atoms with E-state index in [1.54, 1.807) is 4.68 Å². The van der Waals surface area contributed by atoms with E-state index in [4.69, 9.17) is 0 Å². The summed E-state index contributed by atoms with van der Waals surface area (Å²) in [5, 5.41) is 4.11. The first kappa shape index (κ1) is 14.1. The van der Waals surface area contributed by atoms with Crippen LogP contribution in [0.5, 0.6) is 0 Å². The lowest BCUT2D eigenvalue weighted by atomic mass is 10.1. The van der Waals surface area contributed by atoms with E-state index in [1.807, 2.05) is 14.0 Å². The summed E-state index contributed by atoms with van der Waals surface area (Å²) in [6, 6.07) is -0.0329. The molecule has 1 saturated heterocycles. The van der Waals surface area contributed by atoms with E-state index in [1.165, 1.54) is 6.33 Å². The Morgan fingerprint density at radius 3 is 2.95 bits per heavy atom. The minimum atomic E-state index is -0.0329. The topological polar surface area (TPSA) is 54.3 Å². The van der Waals surface area contributed by atoms with Crippen LogP contribution in [0.15, 0.2) is 6.33 Å². The van der Waals surface area contributed by atoms with E-state index >= 15 is 0 Å². The van der Waals surface area contributed by atoms with Crippen LogP contribution in [0.25, 0.3) is 0 Å². The monoisotopic (exact) mass is 265 g/mol. The van der Waals surface area contributed by atoms with Gasteiger partial charge in [-0.15, -0.1) is 0 Å². The van der Waals surface area contributed by atoms with Crippen molar-refractivity contribution in [1.82, 2.24) is 24.6 Å². The molecule has 2 heterocycles. The number of carbonyl (C=O) groups excluding carboxylic acids is 1. The Morgan fingerprint density at radius 1 is 1.42 bits per heavy atom. The first-order valence-electron chi connectivity index (χ1n) is 6.90. The third-order valence-electron chi connectivity index (χ3n) is 3.77. The van der Waals surface area contributed by atoms with Crippen molar-refractivity contribution in [2.45, 2.75) is 32.4 Å². The summed E-state index contributed by atoms with van der Waals surface area (Å²) in [6.07, 6.45) is 3.01. The molecule has 106 valence electrons. The Labute approximate surface area is 114 Å². The maximum absolute atomic E-state index is 12.5. The molecule has 1 aliphatic rings. The number of aromatic nitrogens is 3. The van der Waals surface area contributed by atoms with Crippen molar-refractivity contribution < 1.29 is 4.79 Å². The molecule has 1 aliphatic heterocycles. The number of aryl methyl sites for hydroxylation is 1. The van der Waals surface area contributed by atoms with Crippen molar-refractivity contribution in [2.24, 2.45) is 0 Å². The Balaban J connectivity index is 2.05. The molecule has 1 unspecified atom stereocenters. The second kappa shape index (κ2) is 6.25. The summed E-state index contributed by atoms with van der Waals surface area (Å²) in [5.41, 5.74) is 0. The van der Waals surface area contributed by atoms with E-state index in [0.29, 0.717) is 6.42 Å². The summed E-state index contributed by atoms with van der Waals surface area (Å²) in [5.74, 6) is 1.01. The minimum absolute atomic E-state index is 0.0329. The molecule has 1 aromatic heterocycles. The predicted octanol–water partition coefficient (Wildman–Crippen LogP) is 0.0455. The van der Waals surface area contributed by atoms with Gasteiger partial charge >= 0.3 is 0 Å². The second-order valence-corrected chi connectivity index (χ2v) is 5.25. The molecule has 1 fully saturated rings. The van der Waals surface area contributed by atoms with E-state index in [2.05, 4.69) is 26.9 Å². The van der Waals surface area contributed by atoms with Crippen molar-refractivity contribution >= 4 is 5.78 Å². The highest BCUT2D eigenvalue weighted by Gasteiger charge is 2.27. The van der Waals surface area contributed by atoms with Gasteiger partial charge in [0, 0.05) is 13.1 Å². The maximum Gasteiger partial charge on any atom is 0.158 e. The van der Waals surface area contributed by atoms with Gasteiger partial charge < -0.3 is 4.90 Å². The Kier molecular flexibility index (Phi) is 4.66. The first-order valence-corrected chi connectivity index (χ1v) is 6.90. The van der Waals surface area contributed by atoms with Gasteiger partial charge in [0.1, 0.15) is 12.2 Å². The fourth-order valence-corrected chi connectivity index (χ4v) is 2.58. The normalized spacial score (nSPS) is 22.4. The average Bonchev–Trinajstić information content (AvgIpc) is 2.75. The third-order valence-corrected chi connectivity index (χ3v) is 3.77. The number of ketones is 1. The molecule has 2 rings (SSSR count). The lowest BCUT2D eigenvalue weighted by Gasteiger charge is -2.26. The van der Waals surface area contributed by atoms with Crippen LogP contribution < -0.4 is 0 Å². The smallest absolute Gasteiger partial charge is 0.158 e. The standard InChI is InChI=1S/C13H23N5O/c1-4-18-13(14-10-15-18)8-12(19)11-9-16(2)6-5-7-17(11)3/h10-11H,4-9H2,1-3H3. The molecule has 0 N–H and O–H groups in total. The highest BCUT2D eigenvalue weighted by molar-refractivity contribution is 5.85. The molecule has 0 amide bonds. The molecule has 0 bridgehead atoms. The van der Waals surface area contributed by atoms with Gasteiger partial charge in [0.05, 0.1) is 12.5 Å². The summed E-state index contributed by atoms with van der Waals surface area (Å²) in [6.45, 7) is 5.59. The fraction of sp³-hybridized carbons (Fsp3) is 0.769. The molecule has 1 aromatic rings. The molecule has 0 radical (unpaired) electrons. The van der Waals surface area contributed by atoms with Crippen molar-refractivity contribution in [3.63, 3.8) is 0 Å². The molecule has 6 heteroatoms. The quantitative estimate of drug-likeness (QED) is 0.770. The number of nitrogens with zero attached hydrogens (tertiary/aromatic N) is 5. The molecule has 0 aliphatic carbocycles. The number of carbonyl (C=O) groups is 1. The van der Waals surface area contributed by atoms with Crippen molar-refractivity contribution in [3.05, 3.63) is 12.2 Å². The lowest BCUT2D eigenvalue weighted by molar-refractivity contribution is -0.123. The SMILES string of the molecule is CCn1ncnc1CC(=O)C1CN(C)CCCN1C. The first-order chi connectivity index (χ1) is 9.11. The van der Waals surface area contributed by atoms with Crippen molar-refractivity contribution in [2.75, 3.05) is 33.7 Å². The van der Waals surface area contributed by atoms with Crippen LogP contribution in [0.4, 0.5) is 0 Å². The molecule has 0 aromatic carbocycles. The summed E-state index contributed by atoms with van der Waals surface area (Å²) >= 11 is 0. The zero-order valence-electron chi connectivity index (χ0n) is 12.0. The predicted molar refractivity (Wildman–Crippen MR) is 72.9 cm³/mol. The number of Topliss-reactive ketones (excluding diaryl/α,β-unsaturated/α-hetero) is 1. The fourth-order valence-electron chi connectivity index (χ4n) is 2.58. The Hall–Kier alpha value is -1.27. The van der Waals surface area contributed by atoms with Gasteiger partial charge in [0.15, 0.2) is 5.78 Å². The molecule has 0 spiro atoms. The van der Waals surface area contributed by atoms with E-state index in [-0.39, 0.29) is 11.8 Å². The van der Waals surface area contributed by atoms with Crippen LogP contribution in [0, 0.1) is 0 Å². The van der Waals surface area contributed by atoms with Crippen LogP contribution >= 0.6 is 0 Å². The minimum Gasteiger partial charge on any atom is -0.304 e. The van der Waals surface area contributed by atoms with Gasteiger partial charge in [-0.2, -0.15) is 5.10 Å². The largest absolute Gasteiger partial charge is 0.304 e. The van der Waals surface area contributed by atoms with Crippen LogP contribution in [-0.2, 0) is 17.8 Å². The van der Waals surface area contributed by atoms with Crippen LogP contribution in [0.3, 0.4) is 0 Å². The van der Waals surface area contributed by atoms with Crippen molar-refractivity contribution in [1.29, 1.82) is 0 Å².